The summed E-state index contributed by atoms with van der Waals surface area (Å²) in [7, 11) is 0. The summed E-state index contributed by atoms with van der Waals surface area (Å²) >= 11 is 3.82. The van der Waals surface area contributed by atoms with Gasteiger partial charge in [-0.25, -0.2) is 0 Å². The van der Waals surface area contributed by atoms with Gasteiger partial charge in [0.2, 0.25) is 0 Å². The van der Waals surface area contributed by atoms with Crippen LogP contribution in [0, 0.1) is 11.8 Å². The van der Waals surface area contributed by atoms with Gasteiger partial charge in [-0.15, -0.1) is 11.3 Å². The van der Waals surface area contributed by atoms with Crippen LogP contribution in [0.25, 0.3) is 0 Å². The highest BCUT2D eigenvalue weighted by molar-refractivity contribution is 7.99. The largest absolute Gasteiger partial charge is 0.384 e. The Kier molecular flexibility index (Phi) is 4.93. The number of thioether (sulfide) groups is 1. The van der Waals surface area contributed by atoms with Crippen LogP contribution in [-0.4, -0.2) is 40.7 Å². The Balaban J connectivity index is 1.92. The van der Waals surface area contributed by atoms with Crippen LogP contribution < -0.4 is 0 Å². The van der Waals surface area contributed by atoms with Crippen LogP contribution in [0.3, 0.4) is 0 Å². The molecule has 1 aliphatic rings. The Morgan fingerprint density at radius 3 is 3.24 bits per heavy atom. The fourth-order valence-corrected chi connectivity index (χ4v) is 3.86. The van der Waals surface area contributed by atoms with Gasteiger partial charge in [0.1, 0.15) is 6.61 Å². The summed E-state index contributed by atoms with van der Waals surface area (Å²) in [5.74, 6) is 6.87. The molecule has 0 saturated carbocycles. The Labute approximate surface area is 111 Å². The first-order valence-electron chi connectivity index (χ1n) is 5.79. The molecule has 0 aromatic carbocycles. The monoisotopic (exact) mass is 267 g/mol. The zero-order chi connectivity index (χ0) is 12.1. The fraction of sp³-hybridized carbons (Fsp3) is 0.538. The first kappa shape index (κ1) is 13.0. The van der Waals surface area contributed by atoms with E-state index in [0.29, 0.717) is 0 Å². The number of hydrogen-bond donors (Lipinski definition) is 1. The molecule has 1 unspecified atom stereocenters. The van der Waals surface area contributed by atoms with Crippen LogP contribution >= 0.6 is 23.1 Å². The van der Waals surface area contributed by atoms with E-state index >= 15 is 0 Å². The van der Waals surface area contributed by atoms with Gasteiger partial charge in [0.25, 0.3) is 0 Å². The summed E-state index contributed by atoms with van der Waals surface area (Å²) in [6.45, 7) is 5.64. The Bertz CT molecular complexity index is 419. The number of aliphatic hydroxyl groups is 1. The van der Waals surface area contributed by atoms with Gasteiger partial charge >= 0.3 is 0 Å². The molecule has 0 bridgehead atoms. The number of hydrogen-bond acceptors (Lipinski definition) is 4. The minimum Gasteiger partial charge on any atom is -0.384 e. The van der Waals surface area contributed by atoms with Crippen molar-refractivity contribution in [3.63, 3.8) is 0 Å². The molecule has 1 aromatic rings. The summed E-state index contributed by atoms with van der Waals surface area (Å²) in [4.78, 5) is 3.88. The molecular formula is C13H17NOS2. The first-order valence-corrected chi connectivity index (χ1v) is 7.72. The van der Waals surface area contributed by atoms with Crippen molar-refractivity contribution in [1.29, 1.82) is 0 Å². The average Bonchev–Trinajstić information content (AvgIpc) is 2.74. The predicted octanol–water partition coefficient (Wildman–Crippen LogP) is 2.03. The van der Waals surface area contributed by atoms with Gasteiger partial charge in [-0.1, -0.05) is 18.8 Å². The summed E-state index contributed by atoms with van der Waals surface area (Å²) < 4.78 is 0. The van der Waals surface area contributed by atoms with E-state index in [0.717, 1.165) is 17.4 Å². The molecule has 2 rings (SSSR count). The highest BCUT2D eigenvalue weighted by atomic mass is 32.2. The second kappa shape index (κ2) is 6.46. The molecule has 1 N–H and O–H groups in total. The Morgan fingerprint density at radius 2 is 2.47 bits per heavy atom. The average molecular weight is 267 g/mol. The molecule has 0 aliphatic carbocycles. The van der Waals surface area contributed by atoms with Crippen molar-refractivity contribution >= 4 is 23.1 Å². The lowest BCUT2D eigenvalue weighted by molar-refractivity contribution is 0.281. The molecule has 1 saturated heterocycles. The van der Waals surface area contributed by atoms with Crippen LogP contribution in [0.2, 0.25) is 0 Å². The highest BCUT2D eigenvalue weighted by Gasteiger charge is 2.16. The van der Waals surface area contributed by atoms with Crippen molar-refractivity contribution in [2.75, 3.05) is 25.4 Å². The van der Waals surface area contributed by atoms with E-state index in [-0.39, 0.29) is 6.61 Å². The Hall–Kier alpha value is -0.470. The molecule has 17 heavy (non-hydrogen) atoms. The number of rotatable bonds is 2. The van der Waals surface area contributed by atoms with Crippen molar-refractivity contribution < 1.29 is 5.11 Å². The molecule has 0 amide bonds. The zero-order valence-corrected chi connectivity index (χ0v) is 11.6. The highest BCUT2D eigenvalue weighted by Crippen LogP contribution is 2.22. The lowest BCUT2D eigenvalue weighted by Crippen LogP contribution is -2.35. The number of thiophene rings is 1. The van der Waals surface area contributed by atoms with Gasteiger partial charge in [-0.05, 0) is 6.07 Å². The predicted molar refractivity (Wildman–Crippen MR) is 75.5 cm³/mol. The van der Waals surface area contributed by atoms with Crippen LogP contribution in [0.1, 0.15) is 17.4 Å². The van der Waals surface area contributed by atoms with E-state index in [1.807, 2.05) is 0 Å². The van der Waals surface area contributed by atoms with E-state index in [1.54, 1.807) is 11.3 Å². The van der Waals surface area contributed by atoms with E-state index in [4.69, 9.17) is 5.11 Å². The summed E-state index contributed by atoms with van der Waals surface area (Å²) in [5.41, 5.74) is 1.03. The van der Waals surface area contributed by atoms with Gasteiger partial charge in [0.15, 0.2) is 0 Å². The molecular weight excluding hydrogens is 250 g/mol. The van der Waals surface area contributed by atoms with Crippen molar-refractivity contribution in [2.24, 2.45) is 0 Å². The fourth-order valence-electron chi connectivity index (χ4n) is 1.93. The quantitative estimate of drug-likeness (QED) is 0.830. The van der Waals surface area contributed by atoms with Crippen LogP contribution in [0.4, 0.5) is 0 Å². The lowest BCUT2D eigenvalue weighted by Gasteiger charge is -2.29. The molecule has 1 aliphatic heterocycles. The maximum Gasteiger partial charge on any atom is 0.104 e. The maximum absolute atomic E-state index is 8.64. The lowest BCUT2D eigenvalue weighted by atomic mass is 10.3. The molecule has 1 fully saturated rings. The molecule has 0 spiro atoms. The van der Waals surface area contributed by atoms with Crippen molar-refractivity contribution in [3.8, 4) is 11.8 Å². The number of nitrogens with zero attached hydrogens (tertiary/aromatic N) is 1. The van der Waals surface area contributed by atoms with E-state index < -0.39 is 0 Å². The van der Waals surface area contributed by atoms with Gasteiger partial charge in [0, 0.05) is 46.5 Å². The van der Waals surface area contributed by atoms with Crippen molar-refractivity contribution in [2.45, 2.75) is 18.7 Å². The maximum atomic E-state index is 8.64. The third-order valence-corrected chi connectivity index (χ3v) is 4.73. The van der Waals surface area contributed by atoms with Crippen LogP contribution in [0.15, 0.2) is 11.4 Å². The second-order valence-electron chi connectivity index (χ2n) is 4.18. The van der Waals surface area contributed by atoms with Gasteiger partial charge in [-0.2, -0.15) is 11.8 Å². The molecule has 92 valence electrons. The molecule has 2 nitrogen and oxygen atoms in total. The summed E-state index contributed by atoms with van der Waals surface area (Å²) in [6, 6.07) is 2.14. The van der Waals surface area contributed by atoms with E-state index in [9.17, 15) is 0 Å². The zero-order valence-electron chi connectivity index (χ0n) is 9.98. The van der Waals surface area contributed by atoms with Crippen molar-refractivity contribution in [1.82, 2.24) is 4.90 Å². The number of aliphatic hydroxyl groups excluding tert-OH is 1. The molecule has 1 atom stereocenters. The van der Waals surface area contributed by atoms with Crippen LogP contribution in [-0.2, 0) is 6.54 Å². The minimum absolute atomic E-state index is 0.0634. The first-order chi connectivity index (χ1) is 8.28. The topological polar surface area (TPSA) is 23.5 Å². The molecule has 0 radical (unpaired) electrons. The van der Waals surface area contributed by atoms with Crippen LogP contribution in [0.5, 0.6) is 0 Å². The standard InChI is InChI=1S/C13H17NOS2/c1-11-8-14(4-6-16-11)9-13-7-12(10-17-13)3-2-5-15/h7,10-11,15H,4-6,8-9H2,1H3. The minimum atomic E-state index is -0.0634. The van der Waals surface area contributed by atoms with E-state index in [1.165, 1.54) is 23.7 Å². The summed E-state index contributed by atoms with van der Waals surface area (Å²) in [5, 5.41) is 11.5. The van der Waals surface area contributed by atoms with Gasteiger partial charge in [0.05, 0.1) is 0 Å². The Morgan fingerprint density at radius 1 is 1.59 bits per heavy atom. The second-order valence-corrected chi connectivity index (χ2v) is 6.72. The van der Waals surface area contributed by atoms with Gasteiger partial charge < -0.3 is 5.11 Å². The molecule has 4 heteroatoms. The third kappa shape index (κ3) is 4.04. The smallest absolute Gasteiger partial charge is 0.104 e. The molecule has 1 aromatic heterocycles. The third-order valence-electron chi connectivity index (χ3n) is 2.67. The van der Waals surface area contributed by atoms with E-state index in [2.05, 4.69) is 46.9 Å². The SMILES string of the molecule is CC1CN(Cc2cc(C#CCO)cs2)CCS1. The summed E-state index contributed by atoms with van der Waals surface area (Å²) in [6.07, 6.45) is 0. The van der Waals surface area contributed by atoms with Gasteiger partial charge in [-0.3, -0.25) is 4.90 Å². The normalized spacial score (nSPS) is 20.9. The molecule has 2 heterocycles. The van der Waals surface area contributed by atoms with Crippen molar-refractivity contribution in [3.05, 3.63) is 21.9 Å².